The fourth-order valence-corrected chi connectivity index (χ4v) is 2.11. The third kappa shape index (κ3) is 1.98. The first-order valence-corrected chi connectivity index (χ1v) is 4.73. The van der Waals surface area contributed by atoms with Gasteiger partial charge in [-0.05, 0) is 29.1 Å². The molecule has 0 bridgehead atoms. The highest BCUT2D eigenvalue weighted by Gasteiger charge is 2.50. The zero-order chi connectivity index (χ0) is 8.86. The van der Waals surface area contributed by atoms with Crippen LogP contribution in [-0.4, -0.2) is 0 Å². The third-order valence-electron chi connectivity index (χ3n) is 3.02. The molecule has 0 heterocycles. The van der Waals surface area contributed by atoms with Crippen LogP contribution in [0.5, 0.6) is 0 Å². The molecule has 1 rings (SSSR count). The Hall–Kier alpha value is 0. The van der Waals surface area contributed by atoms with Gasteiger partial charge in [0.1, 0.15) is 0 Å². The lowest BCUT2D eigenvalue weighted by Crippen LogP contribution is -2.16. The highest BCUT2D eigenvalue weighted by atomic mass is 14.5. The predicted molar refractivity (Wildman–Crippen MR) is 50.5 cm³/mol. The lowest BCUT2D eigenvalue weighted by molar-refractivity contribution is 0.254. The van der Waals surface area contributed by atoms with Gasteiger partial charge < -0.3 is 0 Å². The molecule has 66 valence electrons. The Labute approximate surface area is 71.4 Å². The van der Waals surface area contributed by atoms with Crippen LogP contribution in [0.3, 0.4) is 0 Å². The molecule has 0 amide bonds. The van der Waals surface area contributed by atoms with Crippen LogP contribution in [0, 0.1) is 22.7 Å². The van der Waals surface area contributed by atoms with Crippen LogP contribution in [-0.2, 0) is 0 Å². The van der Waals surface area contributed by atoms with E-state index in [1.807, 2.05) is 0 Å². The lowest BCUT2D eigenvalue weighted by atomic mass is 9.81. The molecule has 0 nitrogen and oxygen atoms in total. The van der Waals surface area contributed by atoms with Gasteiger partial charge in [-0.3, -0.25) is 0 Å². The Balaban J connectivity index is 2.51. The van der Waals surface area contributed by atoms with E-state index in [1.165, 1.54) is 6.42 Å². The minimum absolute atomic E-state index is 0.540. The van der Waals surface area contributed by atoms with E-state index in [9.17, 15) is 0 Å². The molecule has 1 fully saturated rings. The number of hydrogen-bond acceptors (Lipinski definition) is 0. The van der Waals surface area contributed by atoms with Gasteiger partial charge in [0.2, 0.25) is 0 Å². The molecule has 0 aliphatic heterocycles. The molecule has 0 N–H and O–H groups in total. The first-order valence-electron chi connectivity index (χ1n) is 4.73. The molecule has 0 heteroatoms. The average Bonchev–Trinajstić information content (AvgIpc) is 2.30. The van der Waals surface area contributed by atoms with Gasteiger partial charge in [-0.2, -0.15) is 0 Å². The van der Waals surface area contributed by atoms with Gasteiger partial charge in [0.25, 0.3) is 0 Å². The van der Waals surface area contributed by atoms with Gasteiger partial charge in [-0.15, -0.1) is 0 Å². The van der Waals surface area contributed by atoms with Crippen molar-refractivity contribution in [2.24, 2.45) is 22.7 Å². The first kappa shape index (κ1) is 9.09. The van der Waals surface area contributed by atoms with Crippen molar-refractivity contribution < 1.29 is 0 Å². The monoisotopic (exact) mass is 154 g/mol. The summed E-state index contributed by atoms with van der Waals surface area (Å²) in [6, 6.07) is 0. The first-order chi connectivity index (χ1) is 4.73. The summed E-state index contributed by atoms with van der Waals surface area (Å²) in [7, 11) is 0. The summed E-state index contributed by atoms with van der Waals surface area (Å²) < 4.78 is 0. The van der Waals surface area contributed by atoms with Crippen molar-refractivity contribution in [2.75, 3.05) is 0 Å². The average molecular weight is 154 g/mol. The Morgan fingerprint density at radius 3 is 1.09 bits per heavy atom. The molecule has 1 saturated carbocycles. The van der Waals surface area contributed by atoms with E-state index in [2.05, 4.69) is 41.5 Å². The summed E-state index contributed by atoms with van der Waals surface area (Å²) in [5.41, 5.74) is 1.08. The van der Waals surface area contributed by atoms with Crippen molar-refractivity contribution >= 4 is 0 Å². The predicted octanol–water partition coefficient (Wildman–Crippen LogP) is 3.71. The molecule has 1 aliphatic carbocycles. The Morgan fingerprint density at radius 1 is 0.727 bits per heavy atom. The van der Waals surface area contributed by atoms with Crippen molar-refractivity contribution in [1.82, 2.24) is 0 Å². The molecule has 11 heavy (non-hydrogen) atoms. The third-order valence-corrected chi connectivity index (χ3v) is 3.02. The van der Waals surface area contributed by atoms with Crippen LogP contribution >= 0.6 is 0 Å². The van der Waals surface area contributed by atoms with Crippen molar-refractivity contribution in [3.8, 4) is 0 Å². The molecule has 0 aromatic rings. The molecule has 0 unspecified atom stereocenters. The van der Waals surface area contributed by atoms with Gasteiger partial charge in [0, 0.05) is 0 Å². The van der Waals surface area contributed by atoms with Crippen molar-refractivity contribution in [3.05, 3.63) is 0 Å². The van der Waals surface area contributed by atoms with Gasteiger partial charge in [0.15, 0.2) is 0 Å². The molecule has 2 atom stereocenters. The quantitative estimate of drug-likeness (QED) is 0.499. The van der Waals surface area contributed by atoms with Crippen LogP contribution < -0.4 is 0 Å². The van der Waals surface area contributed by atoms with Crippen LogP contribution in [0.15, 0.2) is 0 Å². The summed E-state index contributed by atoms with van der Waals surface area (Å²) in [5.74, 6) is 1.95. The Morgan fingerprint density at radius 2 is 1.00 bits per heavy atom. The minimum Gasteiger partial charge on any atom is -0.0599 e. The number of rotatable bonds is 0. The van der Waals surface area contributed by atoms with Crippen molar-refractivity contribution in [1.29, 1.82) is 0 Å². The Kier molecular flexibility index (Phi) is 1.85. The molecule has 0 aromatic carbocycles. The summed E-state index contributed by atoms with van der Waals surface area (Å²) in [5, 5.41) is 0. The zero-order valence-electron chi connectivity index (χ0n) is 8.86. The van der Waals surface area contributed by atoms with Crippen LogP contribution in [0.2, 0.25) is 0 Å². The molecular formula is C11H22. The maximum Gasteiger partial charge on any atom is -0.0329 e. The summed E-state index contributed by atoms with van der Waals surface area (Å²) >= 11 is 0. The second-order valence-corrected chi connectivity index (χ2v) is 6.18. The van der Waals surface area contributed by atoms with E-state index in [0.29, 0.717) is 10.8 Å². The highest BCUT2D eigenvalue weighted by molar-refractivity contribution is 4.99. The number of hydrogen-bond donors (Lipinski definition) is 0. The molecule has 0 spiro atoms. The second-order valence-electron chi connectivity index (χ2n) is 6.18. The topological polar surface area (TPSA) is 0 Å². The van der Waals surface area contributed by atoms with E-state index in [1.54, 1.807) is 0 Å². The Bertz CT molecular complexity index is 124. The minimum atomic E-state index is 0.540. The smallest absolute Gasteiger partial charge is 0.0329 e. The van der Waals surface area contributed by atoms with Crippen molar-refractivity contribution in [3.63, 3.8) is 0 Å². The lowest BCUT2D eigenvalue weighted by Gasteiger charge is -2.24. The maximum absolute atomic E-state index is 2.36. The van der Waals surface area contributed by atoms with Crippen molar-refractivity contribution in [2.45, 2.75) is 48.0 Å². The van der Waals surface area contributed by atoms with Crippen LogP contribution in [0.25, 0.3) is 0 Å². The molecule has 0 saturated heterocycles. The van der Waals surface area contributed by atoms with Gasteiger partial charge >= 0.3 is 0 Å². The van der Waals surface area contributed by atoms with Gasteiger partial charge in [-0.1, -0.05) is 41.5 Å². The summed E-state index contributed by atoms with van der Waals surface area (Å²) in [6.07, 6.45) is 1.45. The fourth-order valence-electron chi connectivity index (χ4n) is 2.11. The molecule has 0 aromatic heterocycles. The fraction of sp³-hybridized carbons (Fsp3) is 1.00. The van der Waals surface area contributed by atoms with Gasteiger partial charge in [0.05, 0.1) is 0 Å². The van der Waals surface area contributed by atoms with Crippen LogP contribution in [0.1, 0.15) is 48.0 Å². The SMILES string of the molecule is CC(C)(C)[C@@H]1C[C@@H]1C(C)(C)C. The standard InChI is InChI=1S/C11H22/c1-10(2,3)8-7-9(8)11(4,5)6/h8-9H,7H2,1-6H3/t8-,9+. The molecule has 0 radical (unpaired) electrons. The normalized spacial score (nSPS) is 32.2. The van der Waals surface area contributed by atoms with Gasteiger partial charge in [-0.25, -0.2) is 0 Å². The van der Waals surface area contributed by atoms with E-state index >= 15 is 0 Å². The van der Waals surface area contributed by atoms with E-state index < -0.39 is 0 Å². The van der Waals surface area contributed by atoms with Crippen LogP contribution in [0.4, 0.5) is 0 Å². The summed E-state index contributed by atoms with van der Waals surface area (Å²) in [6.45, 7) is 14.2. The largest absolute Gasteiger partial charge is 0.0599 e. The van der Waals surface area contributed by atoms with E-state index in [4.69, 9.17) is 0 Å². The molecule has 1 aliphatic rings. The van der Waals surface area contributed by atoms with E-state index in [-0.39, 0.29) is 0 Å². The molecular weight excluding hydrogens is 132 g/mol. The maximum atomic E-state index is 2.36. The highest BCUT2D eigenvalue weighted by Crippen LogP contribution is 2.58. The summed E-state index contributed by atoms with van der Waals surface area (Å²) in [4.78, 5) is 0. The second kappa shape index (κ2) is 2.24. The zero-order valence-corrected chi connectivity index (χ0v) is 8.86. The van der Waals surface area contributed by atoms with E-state index in [0.717, 1.165) is 11.8 Å².